The largest absolute Gasteiger partial charge is 0.349 e. The van der Waals surface area contributed by atoms with Gasteiger partial charge in [-0.25, -0.2) is 9.07 Å². The highest BCUT2D eigenvalue weighted by molar-refractivity contribution is 8.01. The van der Waals surface area contributed by atoms with Gasteiger partial charge in [0.05, 0.1) is 26.4 Å². The molecule has 1 aromatic heterocycles. The highest BCUT2D eigenvalue weighted by Crippen LogP contribution is 2.77. The van der Waals surface area contributed by atoms with E-state index < -0.39 is 31.3 Å². The van der Waals surface area contributed by atoms with Crippen LogP contribution in [0.15, 0.2) is 35.7 Å². The number of fused-ring (bicyclic) bond motifs is 1. The summed E-state index contributed by atoms with van der Waals surface area (Å²) >= 11 is 1.11. The van der Waals surface area contributed by atoms with Gasteiger partial charge < -0.3 is 18.1 Å². The van der Waals surface area contributed by atoms with Gasteiger partial charge in [0.2, 0.25) is 10.6 Å². The molecule has 0 saturated carbocycles. The maximum absolute atomic E-state index is 14.3. The maximum atomic E-state index is 14.3. The van der Waals surface area contributed by atoms with E-state index in [-0.39, 0.29) is 26.4 Å². The van der Waals surface area contributed by atoms with Gasteiger partial charge in [-0.1, -0.05) is 12.1 Å². The Kier molecular flexibility index (Phi) is 8.20. The van der Waals surface area contributed by atoms with E-state index in [1.165, 1.54) is 35.3 Å². The third-order valence-electron chi connectivity index (χ3n) is 4.53. The summed E-state index contributed by atoms with van der Waals surface area (Å²) in [4.78, 5) is -1.46. The van der Waals surface area contributed by atoms with Crippen molar-refractivity contribution in [2.24, 2.45) is 0 Å². The van der Waals surface area contributed by atoms with Crippen molar-refractivity contribution in [2.45, 2.75) is 43.1 Å². The van der Waals surface area contributed by atoms with E-state index in [0.29, 0.717) is 10.7 Å². The lowest BCUT2D eigenvalue weighted by atomic mass is 10.1. The fourth-order valence-electron chi connectivity index (χ4n) is 3.49. The maximum Gasteiger partial charge on any atom is 0.349 e. The minimum absolute atomic E-state index is 0.0301. The number of thioether (sulfide) groups is 1. The van der Waals surface area contributed by atoms with Crippen LogP contribution in [0.4, 0.5) is 4.39 Å². The van der Waals surface area contributed by atoms with Gasteiger partial charge in [0.15, 0.2) is 4.87 Å². The van der Waals surface area contributed by atoms with Crippen molar-refractivity contribution in [3.05, 3.63) is 42.0 Å². The first-order chi connectivity index (χ1) is 15.3. The predicted octanol–water partition coefficient (Wildman–Crippen LogP) is 4.78. The second-order valence-electron chi connectivity index (χ2n) is 6.56. The molecule has 32 heavy (non-hydrogen) atoms. The molecule has 0 amide bonds. The minimum atomic E-state index is -4.16. The van der Waals surface area contributed by atoms with Gasteiger partial charge in [-0.05, 0) is 57.2 Å². The number of hydrogen-bond acceptors (Lipinski definition) is 10. The highest BCUT2D eigenvalue weighted by Gasteiger charge is 2.66. The summed E-state index contributed by atoms with van der Waals surface area (Å²) in [6, 6.07) is 5.53. The molecule has 1 aliphatic heterocycles. The van der Waals surface area contributed by atoms with Crippen LogP contribution in [0.2, 0.25) is 0 Å². The molecule has 1 N–H and O–H groups in total. The molecule has 0 aliphatic carbocycles. The molecular formula is C18H27FN4O6P2S. The minimum Gasteiger partial charge on any atom is -0.308 e. The van der Waals surface area contributed by atoms with E-state index in [9.17, 15) is 13.5 Å². The topological polar surface area (TPSA) is 114 Å². The third kappa shape index (κ3) is 4.68. The van der Waals surface area contributed by atoms with E-state index in [4.69, 9.17) is 18.1 Å². The Morgan fingerprint density at radius 3 is 1.94 bits per heavy atom. The van der Waals surface area contributed by atoms with Gasteiger partial charge in [0.1, 0.15) is 12.1 Å². The lowest BCUT2D eigenvalue weighted by Gasteiger charge is -2.41. The smallest absolute Gasteiger partial charge is 0.308 e. The Morgan fingerprint density at radius 2 is 1.50 bits per heavy atom. The van der Waals surface area contributed by atoms with Gasteiger partial charge in [-0.15, -0.1) is 10.2 Å². The van der Waals surface area contributed by atoms with Crippen LogP contribution in [0.1, 0.15) is 33.3 Å². The Balaban J connectivity index is 2.31. The summed E-state index contributed by atoms with van der Waals surface area (Å²) in [7, 11) is -8.32. The number of hydrogen-bond donors (Lipinski definition) is 1. The lowest BCUT2D eigenvalue weighted by molar-refractivity contribution is 0.190. The highest BCUT2D eigenvalue weighted by atomic mass is 32.2. The molecule has 178 valence electrons. The normalized spacial score (nSPS) is 18.7. The molecule has 0 bridgehead atoms. The van der Waals surface area contributed by atoms with Crippen LogP contribution < -0.4 is 5.43 Å². The van der Waals surface area contributed by atoms with E-state index in [1.807, 2.05) is 0 Å². The summed E-state index contributed by atoms with van der Waals surface area (Å²) in [6.45, 7) is 6.75. The van der Waals surface area contributed by atoms with E-state index >= 15 is 0 Å². The number of rotatable bonds is 12. The van der Waals surface area contributed by atoms with Crippen LogP contribution in [0.25, 0.3) is 0 Å². The van der Waals surface area contributed by atoms with Crippen molar-refractivity contribution in [3.63, 3.8) is 0 Å². The first-order valence-electron chi connectivity index (χ1n) is 10.2. The molecule has 1 atom stereocenters. The van der Waals surface area contributed by atoms with Gasteiger partial charge in [0, 0.05) is 0 Å². The van der Waals surface area contributed by atoms with Crippen LogP contribution in [0.3, 0.4) is 0 Å². The fourth-order valence-corrected chi connectivity index (χ4v) is 11.3. The van der Waals surface area contributed by atoms with E-state index in [0.717, 1.165) is 11.8 Å². The second kappa shape index (κ2) is 10.3. The fraction of sp³-hybridized carbons (Fsp3) is 0.556. The predicted molar refractivity (Wildman–Crippen MR) is 119 cm³/mol. The Hall–Kier alpha value is -1.26. The summed E-state index contributed by atoms with van der Waals surface area (Å²) in [5.41, 5.74) is 3.63. The molecule has 1 aliphatic rings. The Morgan fingerprint density at radius 1 is 1.00 bits per heavy atom. The summed E-state index contributed by atoms with van der Waals surface area (Å²) < 4.78 is 66.5. The number of nitrogens with zero attached hydrogens (tertiary/aromatic N) is 3. The molecule has 0 saturated heterocycles. The van der Waals surface area contributed by atoms with Crippen LogP contribution in [0.5, 0.6) is 0 Å². The molecule has 3 rings (SSSR count). The summed E-state index contributed by atoms with van der Waals surface area (Å²) in [6.07, 6.45) is 1.42. The zero-order valence-electron chi connectivity index (χ0n) is 18.3. The second-order valence-corrected chi connectivity index (χ2v) is 12.4. The van der Waals surface area contributed by atoms with Crippen LogP contribution in [-0.4, -0.2) is 46.7 Å². The Bertz CT molecular complexity index is 937. The standard InChI is InChI=1S/C18H27FN4O6P2S/c1-5-26-30(24,27-6-2)16(31(25,28-7-3)29-8-4)18(14-9-11-15(19)12-10-14)22-23-13-20-21-17(23)32-18/h9-13,16,22H,5-8H2,1-4H3. The zero-order valence-corrected chi connectivity index (χ0v) is 20.9. The number of benzene rings is 1. The van der Waals surface area contributed by atoms with Gasteiger partial charge in [-0.2, -0.15) is 0 Å². The van der Waals surface area contributed by atoms with Gasteiger partial charge in [0.25, 0.3) is 0 Å². The van der Waals surface area contributed by atoms with Gasteiger partial charge >= 0.3 is 15.2 Å². The molecule has 14 heteroatoms. The molecule has 0 fully saturated rings. The average Bonchev–Trinajstić information content (AvgIpc) is 3.29. The zero-order chi connectivity index (χ0) is 23.4. The number of aromatic nitrogens is 3. The molecule has 1 aromatic carbocycles. The molecule has 2 aromatic rings. The monoisotopic (exact) mass is 508 g/mol. The first-order valence-corrected chi connectivity index (χ1v) is 14.2. The van der Waals surface area contributed by atoms with Crippen molar-refractivity contribution >= 4 is 27.0 Å². The van der Waals surface area contributed by atoms with E-state index in [2.05, 4.69) is 15.6 Å². The van der Waals surface area contributed by atoms with Crippen molar-refractivity contribution in [3.8, 4) is 0 Å². The quantitative estimate of drug-likeness (QED) is 0.402. The van der Waals surface area contributed by atoms with Crippen LogP contribution in [0, 0.1) is 5.82 Å². The molecule has 0 radical (unpaired) electrons. The summed E-state index contributed by atoms with van der Waals surface area (Å²) in [5.74, 6) is -0.460. The van der Waals surface area contributed by atoms with Crippen molar-refractivity contribution < 1.29 is 31.6 Å². The lowest BCUT2D eigenvalue weighted by Crippen LogP contribution is -2.45. The molecular weight excluding hydrogens is 481 g/mol. The van der Waals surface area contributed by atoms with E-state index in [1.54, 1.807) is 27.7 Å². The third-order valence-corrected chi connectivity index (χ3v) is 12.4. The van der Waals surface area contributed by atoms with Crippen molar-refractivity contribution in [1.82, 2.24) is 14.9 Å². The van der Waals surface area contributed by atoms with Crippen molar-refractivity contribution in [1.29, 1.82) is 0 Å². The van der Waals surface area contributed by atoms with Crippen LogP contribution in [-0.2, 0) is 32.1 Å². The molecule has 0 spiro atoms. The SMILES string of the molecule is CCOP(=O)(OCC)C(C1(c2ccc(F)cc2)Nn2cnnc2S1)P(=O)(OCC)OCC. The number of nitrogens with one attached hydrogen (secondary N) is 1. The molecule has 10 nitrogen and oxygen atoms in total. The van der Waals surface area contributed by atoms with Crippen LogP contribution >= 0.6 is 27.0 Å². The van der Waals surface area contributed by atoms with Crippen molar-refractivity contribution in [2.75, 3.05) is 31.9 Å². The summed E-state index contributed by atoms with van der Waals surface area (Å²) in [5, 5.41) is 6.87. The van der Waals surface area contributed by atoms with Gasteiger partial charge in [-0.3, -0.25) is 14.6 Å². The number of halogens is 1. The molecule has 1 unspecified atom stereocenters. The Labute approximate surface area is 190 Å². The first kappa shape index (κ1) is 25.4. The average molecular weight is 508 g/mol. The molecule has 2 heterocycles.